The van der Waals surface area contributed by atoms with Crippen molar-refractivity contribution in [2.24, 2.45) is 5.41 Å². The number of fused-ring (bicyclic) bond motifs is 1. The van der Waals surface area contributed by atoms with Gasteiger partial charge in [0.25, 0.3) is 0 Å². The van der Waals surface area contributed by atoms with E-state index < -0.39 is 11.4 Å². The normalized spacial score (nSPS) is 11.3. The Bertz CT molecular complexity index is 956. The van der Waals surface area contributed by atoms with Crippen molar-refractivity contribution in [3.05, 3.63) is 66.2 Å². The quantitative estimate of drug-likeness (QED) is 0.643. The molecule has 4 nitrogen and oxygen atoms in total. The number of benzene rings is 2. The van der Waals surface area contributed by atoms with Crippen molar-refractivity contribution in [1.82, 2.24) is 4.98 Å². The third-order valence-corrected chi connectivity index (χ3v) is 4.18. The number of hydrogen-bond donors (Lipinski definition) is 0. The minimum Gasteiger partial charge on any atom is -0.454 e. The van der Waals surface area contributed by atoms with Gasteiger partial charge < -0.3 is 4.74 Å². The van der Waals surface area contributed by atoms with Gasteiger partial charge in [-0.15, -0.1) is 0 Å². The maximum atomic E-state index is 12.7. The van der Waals surface area contributed by atoms with Crippen LogP contribution in [0.3, 0.4) is 0 Å². The smallest absolute Gasteiger partial charge is 0.339 e. The lowest BCUT2D eigenvalue weighted by molar-refractivity contribution is -0.129. The summed E-state index contributed by atoms with van der Waals surface area (Å²) in [6, 6.07) is 18.8. The molecule has 0 fully saturated rings. The van der Waals surface area contributed by atoms with Crippen molar-refractivity contribution in [1.29, 1.82) is 0 Å². The molecular weight excluding hydrogens is 326 g/mol. The molecule has 132 valence electrons. The van der Waals surface area contributed by atoms with E-state index in [4.69, 9.17) is 4.74 Å². The molecule has 0 N–H and O–H groups in total. The lowest BCUT2D eigenvalue weighted by Gasteiger charge is -2.16. The average Bonchev–Trinajstić information content (AvgIpc) is 2.64. The van der Waals surface area contributed by atoms with Crippen LogP contribution < -0.4 is 0 Å². The first kappa shape index (κ1) is 17.8. The number of aromatic nitrogens is 1. The third kappa shape index (κ3) is 3.80. The molecule has 4 heteroatoms. The van der Waals surface area contributed by atoms with Gasteiger partial charge in [-0.2, -0.15) is 0 Å². The lowest BCUT2D eigenvalue weighted by atomic mass is 9.91. The van der Waals surface area contributed by atoms with Gasteiger partial charge in [0.1, 0.15) is 0 Å². The van der Waals surface area contributed by atoms with Crippen molar-refractivity contribution in [2.45, 2.75) is 20.8 Å². The molecule has 1 aromatic heterocycles. The van der Waals surface area contributed by atoms with E-state index in [-0.39, 0.29) is 12.4 Å². The number of para-hydroxylation sites is 1. The van der Waals surface area contributed by atoms with E-state index in [2.05, 4.69) is 4.98 Å². The first-order valence-corrected chi connectivity index (χ1v) is 8.52. The molecule has 0 atom stereocenters. The fourth-order valence-electron chi connectivity index (χ4n) is 2.53. The van der Waals surface area contributed by atoms with Crippen LogP contribution in [0, 0.1) is 5.41 Å². The summed E-state index contributed by atoms with van der Waals surface area (Å²) in [6.45, 7) is 5.18. The summed E-state index contributed by atoms with van der Waals surface area (Å²) in [5, 5.41) is 0.709. The van der Waals surface area contributed by atoms with E-state index in [1.807, 2.05) is 54.6 Å². The molecule has 2 aromatic carbocycles. The number of esters is 1. The van der Waals surface area contributed by atoms with Crippen LogP contribution in [0.5, 0.6) is 0 Å². The first-order valence-electron chi connectivity index (χ1n) is 8.52. The topological polar surface area (TPSA) is 56.3 Å². The molecule has 0 saturated carbocycles. The Morgan fingerprint density at radius 3 is 2.31 bits per heavy atom. The van der Waals surface area contributed by atoms with E-state index in [1.165, 1.54) is 0 Å². The molecule has 0 amide bonds. The van der Waals surface area contributed by atoms with E-state index >= 15 is 0 Å². The predicted octanol–water partition coefficient (Wildman–Crippen LogP) is 4.67. The zero-order chi connectivity index (χ0) is 18.7. The van der Waals surface area contributed by atoms with Gasteiger partial charge in [-0.1, -0.05) is 69.3 Å². The number of hydrogen-bond acceptors (Lipinski definition) is 4. The van der Waals surface area contributed by atoms with Crippen LogP contribution in [0.2, 0.25) is 0 Å². The predicted molar refractivity (Wildman–Crippen MR) is 102 cm³/mol. The Hall–Kier alpha value is -3.01. The minimum atomic E-state index is -0.546. The summed E-state index contributed by atoms with van der Waals surface area (Å²) in [7, 11) is 0. The summed E-state index contributed by atoms with van der Waals surface area (Å²) in [6.07, 6.45) is 0. The molecule has 0 bridgehead atoms. The Balaban J connectivity index is 1.99. The van der Waals surface area contributed by atoms with Crippen LogP contribution >= 0.6 is 0 Å². The fraction of sp³-hybridized carbons (Fsp3) is 0.227. The van der Waals surface area contributed by atoms with Crippen LogP contribution in [0.25, 0.3) is 22.2 Å². The SMILES string of the molecule is CC(C)(C)C(=O)COC(=O)c1cc(-c2ccccc2)nc2ccccc12. The molecule has 26 heavy (non-hydrogen) atoms. The number of ketones is 1. The van der Waals surface area contributed by atoms with E-state index in [9.17, 15) is 9.59 Å². The molecule has 1 heterocycles. The zero-order valence-electron chi connectivity index (χ0n) is 15.2. The summed E-state index contributed by atoms with van der Waals surface area (Å²) in [5.74, 6) is -0.633. The van der Waals surface area contributed by atoms with Gasteiger partial charge in [-0.25, -0.2) is 9.78 Å². The fourth-order valence-corrected chi connectivity index (χ4v) is 2.53. The summed E-state index contributed by atoms with van der Waals surface area (Å²) < 4.78 is 5.30. The average molecular weight is 347 g/mol. The van der Waals surface area contributed by atoms with Gasteiger partial charge in [-0.3, -0.25) is 4.79 Å². The van der Waals surface area contributed by atoms with Crippen LogP contribution in [-0.2, 0) is 9.53 Å². The molecule has 0 aliphatic heterocycles. The second-order valence-electron chi connectivity index (χ2n) is 7.19. The highest BCUT2D eigenvalue weighted by Gasteiger charge is 2.23. The zero-order valence-corrected chi connectivity index (χ0v) is 15.2. The van der Waals surface area contributed by atoms with Crippen molar-refractivity contribution in [3.63, 3.8) is 0 Å². The highest BCUT2D eigenvalue weighted by atomic mass is 16.5. The minimum absolute atomic E-state index is 0.118. The molecule has 0 saturated heterocycles. The molecule has 0 aliphatic rings. The van der Waals surface area contributed by atoms with Crippen LogP contribution in [-0.4, -0.2) is 23.3 Å². The Kier molecular flexibility index (Phi) is 4.85. The molecule has 0 radical (unpaired) electrons. The number of ether oxygens (including phenoxy) is 1. The van der Waals surface area contributed by atoms with Gasteiger partial charge in [-0.05, 0) is 12.1 Å². The van der Waals surface area contributed by atoms with E-state index in [0.717, 1.165) is 5.56 Å². The second kappa shape index (κ2) is 7.08. The number of rotatable bonds is 4. The molecular formula is C22H21NO3. The molecule has 3 aromatic rings. The van der Waals surface area contributed by atoms with Crippen LogP contribution in [0.15, 0.2) is 60.7 Å². The number of carbonyl (C=O) groups is 2. The largest absolute Gasteiger partial charge is 0.454 e. The van der Waals surface area contributed by atoms with Crippen molar-refractivity contribution >= 4 is 22.7 Å². The summed E-state index contributed by atoms with van der Waals surface area (Å²) in [5.41, 5.74) is 2.19. The molecule has 0 aliphatic carbocycles. The monoisotopic (exact) mass is 347 g/mol. The Morgan fingerprint density at radius 2 is 1.62 bits per heavy atom. The number of carbonyl (C=O) groups excluding carboxylic acids is 2. The summed E-state index contributed by atoms with van der Waals surface area (Å²) in [4.78, 5) is 29.4. The van der Waals surface area contributed by atoms with E-state index in [1.54, 1.807) is 26.8 Å². The second-order valence-corrected chi connectivity index (χ2v) is 7.19. The lowest BCUT2D eigenvalue weighted by Crippen LogP contribution is -2.26. The van der Waals surface area contributed by atoms with Gasteiger partial charge in [0, 0.05) is 16.4 Å². The number of nitrogens with zero attached hydrogens (tertiary/aromatic N) is 1. The molecule has 0 unspecified atom stereocenters. The van der Waals surface area contributed by atoms with E-state index in [0.29, 0.717) is 22.2 Å². The molecule has 0 spiro atoms. The van der Waals surface area contributed by atoms with Crippen molar-refractivity contribution in [2.75, 3.05) is 6.61 Å². The van der Waals surface area contributed by atoms with Crippen molar-refractivity contribution < 1.29 is 14.3 Å². The highest BCUT2D eigenvalue weighted by molar-refractivity contribution is 6.05. The maximum absolute atomic E-state index is 12.7. The molecule has 3 rings (SSSR count). The standard InChI is InChI=1S/C22H21NO3/c1-22(2,3)20(24)14-26-21(25)17-13-19(15-9-5-4-6-10-15)23-18-12-8-7-11-16(17)18/h4-13H,14H2,1-3H3. The summed E-state index contributed by atoms with van der Waals surface area (Å²) >= 11 is 0. The van der Waals surface area contributed by atoms with Gasteiger partial charge in [0.2, 0.25) is 0 Å². The Labute approximate surface area is 152 Å². The van der Waals surface area contributed by atoms with Gasteiger partial charge >= 0.3 is 5.97 Å². The maximum Gasteiger partial charge on any atom is 0.339 e. The van der Waals surface area contributed by atoms with Crippen LogP contribution in [0.4, 0.5) is 0 Å². The van der Waals surface area contributed by atoms with Crippen molar-refractivity contribution in [3.8, 4) is 11.3 Å². The number of pyridine rings is 1. The van der Waals surface area contributed by atoms with Gasteiger partial charge in [0.15, 0.2) is 12.4 Å². The number of Topliss-reactive ketones (excluding diaryl/α,β-unsaturated/α-hetero) is 1. The highest BCUT2D eigenvalue weighted by Crippen LogP contribution is 2.25. The first-order chi connectivity index (χ1) is 12.4. The Morgan fingerprint density at radius 1 is 0.962 bits per heavy atom. The third-order valence-electron chi connectivity index (χ3n) is 4.18. The van der Waals surface area contributed by atoms with Crippen LogP contribution in [0.1, 0.15) is 31.1 Å². The van der Waals surface area contributed by atoms with Gasteiger partial charge in [0.05, 0.1) is 16.8 Å².